The first kappa shape index (κ1) is 16.1. The van der Waals surface area contributed by atoms with Gasteiger partial charge in [-0.1, -0.05) is 0 Å². The first-order valence-electron chi connectivity index (χ1n) is 5.26. The van der Waals surface area contributed by atoms with Gasteiger partial charge < -0.3 is 5.32 Å². The molecule has 5 nitrogen and oxygen atoms in total. The third kappa shape index (κ3) is 4.26. The molecule has 0 atom stereocenters. The van der Waals surface area contributed by atoms with Crippen molar-refractivity contribution in [3.63, 3.8) is 0 Å². The first-order chi connectivity index (χ1) is 8.42. The van der Waals surface area contributed by atoms with Crippen LogP contribution in [0.3, 0.4) is 0 Å². The molecule has 0 aromatic heterocycles. The lowest BCUT2D eigenvalue weighted by Gasteiger charge is -2.21. The van der Waals surface area contributed by atoms with Crippen LogP contribution in [0, 0.1) is 5.82 Å². The summed E-state index contributed by atoms with van der Waals surface area (Å²) in [5, 5.41) is 7.54. The van der Waals surface area contributed by atoms with Crippen molar-refractivity contribution in [3.8, 4) is 0 Å². The van der Waals surface area contributed by atoms with Gasteiger partial charge in [-0.25, -0.2) is 17.9 Å². The van der Waals surface area contributed by atoms with Crippen LogP contribution < -0.4 is 10.5 Å². The number of nitrogens with two attached hydrogens (primary N) is 1. The lowest BCUT2D eigenvalue weighted by atomic mass is 10.1. The zero-order valence-electron chi connectivity index (χ0n) is 10.6. The van der Waals surface area contributed by atoms with Crippen molar-refractivity contribution < 1.29 is 17.6 Å². The van der Waals surface area contributed by atoms with Gasteiger partial charge in [0.1, 0.15) is 5.82 Å². The third-order valence-electron chi connectivity index (χ3n) is 2.06. The Balaban J connectivity index is 3.34. The number of sulfonamides is 1. The van der Waals surface area contributed by atoms with Crippen LogP contribution in [0.5, 0.6) is 0 Å². The molecule has 1 amide bonds. The van der Waals surface area contributed by atoms with Gasteiger partial charge in [0.15, 0.2) is 0 Å². The standard InChI is InChI=1S/C11H14BrFN2O3S/c1-11(2,3)15-10(16)6-4-9(19(14,17)18)7(12)5-8(6)13/h4-5H,1-3H3,(H,15,16)(H2,14,17,18). The maximum absolute atomic E-state index is 13.7. The second kappa shape index (κ2) is 5.18. The lowest BCUT2D eigenvalue weighted by Crippen LogP contribution is -2.41. The van der Waals surface area contributed by atoms with Crippen LogP contribution in [0.15, 0.2) is 21.5 Å². The molecule has 8 heteroatoms. The number of hydrogen-bond donors (Lipinski definition) is 2. The number of nitrogens with one attached hydrogen (secondary N) is 1. The van der Waals surface area contributed by atoms with E-state index in [2.05, 4.69) is 21.2 Å². The second-order valence-corrected chi connectivity index (χ2v) is 7.40. The van der Waals surface area contributed by atoms with Crippen molar-refractivity contribution in [1.29, 1.82) is 0 Å². The van der Waals surface area contributed by atoms with Gasteiger partial charge in [0.2, 0.25) is 10.0 Å². The predicted octanol–water partition coefficient (Wildman–Crippen LogP) is 1.76. The molecule has 0 saturated heterocycles. The SMILES string of the molecule is CC(C)(C)NC(=O)c1cc(S(N)(=O)=O)c(Br)cc1F. The van der Waals surface area contributed by atoms with Gasteiger partial charge in [-0.15, -0.1) is 0 Å². The first-order valence-corrected chi connectivity index (χ1v) is 7.60. The highest BCUT2D eigenvalue weighted by Gasteiger charge is 2.22. The zero-order valence-corrected chi connectivity index (χ0v) is 13.0. The van der Waals surface area contributed by atoms with E-state index in [4.69, 9.17) is 5.14 Å². The molecule has 0 saturated carbocycles. The number of halogens is 2. The highest BCUT2D eigenvalue weighted by atomic mass is 79.9. The number of primary sulfonamides is 1. The van der Waals surface area contributed by atoms with Gasteiger partial charge in [-0.3, -0.25) is 4.79 Å². The summed E-state index contributed by atoms with van der Waals surface area (Å²) >= 11 is 2.90. The summed E-state index contributed by atoms with van der Waals surface area (Å²) < 4.78 is 36.3. The van der Waals surface area contributed by atoms with Crippen LogP contribution in [0.2, 0.25) is 0 Å². The summed E-state index contributed by atoms with van der Waals surface area (Å²) in [6, 6.07) is 1.81. The molecule has 0 aliphatic heterocycles. The molecule has 0 aliphatic rings. The van der Waals surface area contributed by atoms with Crippen molar-refractivity contribution >= 4 is 31.9 Å². The van der Waals surface area contributed by atoms with Crippen LogP contribution in [0.4, 0.5) is 4.39 Å². The van der Waals surface area contributed by atoms with Crippen molar-refractivity contribution in [2.45, 2.75) is 31.2 Å². The van der Waals surface area contributed by atoms with E-state index in [0.29, 0.717) is 0 Å². The van der Waals surface area contributed by atoms with Crippen molar-refractivity contribution in [3.05, 3.63) is 28.0 Å². The van der Waals surface area contributed by atoms with E-state index >= 15 is 0 Å². The highest BCUT2D eigenvalue weighted by molar-refractivity contribution is 9.10. The van der Waals surface area contributed by atoms with Crippen LogP contribution in [0.25, 0.3) is 0 Å². The quantitative estimate of drug-likeness (QED) is 0.849. The normalized spacial score (nSPS) is 12.3. The zero-order chi connectivity index (χ0) is 15.0. The summed E-state index contributed by atoms with van der Waals surface area (Å²) in [5.74, 6) is -1.54. The van der Waals surface area contributed by atoms with Crippen LogP contribution >= 0.6 is 15.9 Å². The summed E-state index contributed by atoms with van der Waals surface area (Å²) in [6.07, 6.45) is 0. The maximum Gasteiger partial charge on any atom is 0.254 e. The third-order valence-corrected chi connectivity index (χ3v) is 3.93. The molecule has 3 N–H and O–H groups in total. The van der Waals surface area contributed by atoms with E-state index in [9.17, 15) is 17.6 Å². The van der Waals surface area contributed by atoms with Crippen LogP contribution in [0.1, 0.15) is 31.1 Å². The van der Waals surface area contributed by atoms with E-state index in [-0.39, 0.29) is 14.9 Å². The molecule has 1 aromatic carbocycles. The van der Waals surface area contributed by atoms with Gasteiger partial charge in [0, 0.05) is 10.0 Å². The fourth-order valence-corrected chi connectivity index (χ4v) is 2.93. The van der Waals surface area contributed by atoms with E-state index in [1.165, 1.54) is 0 Å². The number of benzene rings is 1. The molecule has 0 fully saturated rings. The van der Waals surface area contributed by atoms with E-state index < -0.39 is 27.3 Å². The minimum Gasteiger partial charge on any atom is -0.347 e. The lowest BCUT2D eigenvalue weighted by molar-refractivity contribution is 0.0915. The van der Waals surface area contributed by atoms with E-state index in [1.54, 1.807) is 20.8 Å². The van der Waals surface area contributed by atoms with Gasteiger partial charge in [-0.2, -0.15) is 0 Å². The topological polar surface area (TPSA) is 89.3 Å². The minimum atomic E-state index is -4.04. The van der Waals surface area contributed by atoms with Gasteiger partial charge in [0.05, 0.1) is 10.5 Å². The average Bonchev–Trinajstić information content (AvgIpc) is 2.11. The Kier molecular flexibility index (Phi) is 4.38. The fourth-order valence-electron chi connectivity index (χ4n) is 1.33. The Morgan fingerprint density at radius 3 is 2.32 bits per heavy atom. The summed E-state index contributed by atoms with van der Waals surface area (Å²) in [4.78, 5) is 11.5. The predicted molar refractivity (Wildman–Crippen MR) is 72.7 cm³/mol. The molecule has 1 aromatic rings. The van der Waals surface area contributed by atoms with Gasteiger partial charge >= 0.3 is 0 Å². The average molecular weight is 353 g/mol. The Morgan fingerprint density at radius 2 is 1.89 bits per heavy atom. The molecule has 0 spiro atoms. The molecule has 1 rings (SSSR count). The molecule has 0 heterocycles. The molecule has 0 radical (unpaired) electrons. The molecule has 0 bridgehead atoms. The smallest absolute Gasteiger partial charge is 0.254 e. The van der Waals surface area contributed by atoms with Crippen molar-refractivity contribution in [2.24, 2.45) is 5.14 Å². The Labute approximate surface area is 119 Å². The Hall–Kier alpha value is -0.990. The number of carbonyl (C=O) groups excluding carboxylic acids is 1. The van der Waals surface area contributed by atoms with Gasteiger partial charge in [-0.05, 0) is 48.8 Å². The van der Waals surface area contributed by atoms with Crippen LogP contribution in [-0.4, -0.2) is 19.9 Å². The number of hydrogen-bond acceptors (Lipinski definition) is 3. The molecular formula is C11H14BrFN2O3S. The van der Waals surface area contributed by atoms with Crippen molar-refractivity contribution in [1.82, 2.24) is 5.32 Å². The van der Waals surface area contributed by atoms with Crippen molar-refractivity contribution in [2.75, 3.05) is 0 Å². The summed E-state index contributed by atoms with van der Waals surface area (Å²) in [5.41, 5.74) is -0.944. The molecule has 106 valence electrons. The summed E-state index contributed by atoms with van der Waals surface area (Å²) in [6.45, 7) is 5.17. The largest absolute Gasteiger partial charge is 0.347 e. The van der Waals surface area contributed by atoms with Crippen LogP contribution in [-0.2, 0) is 10.0 Å². The highest BCUT2D eigenvalue weighted by Crippen LogP contribution is 2.25. The summed E-state index contributed by atoms with van der Waals surface area (Å²) in [7, 11) is -4.04. The molecule has 0 unspecified atom stereocenters. The number of rotatable bonds is 2. The maximum atomic E-state index is 13.7. The Morgan fingerprint density at radius 1 is 1.37 bits per heavy atom. The monoisotopic (exact) mass is 352 g/mol. The molecule has 0 aliphatic carbocycles. The van der Waals surface area contributed by atoms with E-state index in [1.807, 2.05) is 0 Å². The minimum absolute atomic E-state index is 0.0280. The van der Waals surface area contributed by atoms with E-state index in [0.717, 1.165) is 12.1 Å². The fraction of sp³-hybridized carbons (Fsp3) is 0.364. The number of carbonyl (C=O) groups is 1. The molecular weight excluding hydrogens is 339 g/mol. The molecule has 19 heavy (non-hydrogen) atoms. The van der Waals surface area contributed by atoms with Gasteiger partial charge in [0.25, 0.3) is 5.91 Å². The second-order valence-electron chi connectivity index (χ2n) is 5.01. The Bertz CT molecular complexity index is 624. The number of amides is 1.